The second-order valence-corrected chi connectivity index (χ2v) is 6.57. The summed E-state index contributed by atoms with van der Waals surface area (Å²) in [6.45, 7) is 7.13. The van der Waals surface area contributed by atoms with Gasteiger partial charge in [-0.05, 0) is 26.8 Å². The summed E-state index contributed by atoms with van der Waals surface area (Å²) >= 11 is 1.77. The topological polar surface area (TPSA) is 43.3 Å². The van der Waals surface area contributed by atoms with E-state index >= 15 is 0 Å². The predicted molar refractivity (Wildman–Crippen MR) is 90.1 cm³/mol. The molecule has 0 saturated heterocycles. The Kier molecular flexibility index (Phi) is 3.83. The van der Waals surface area contributed by atoms with Crippen LogP contribution in [0.4, 0.5) is 0 Å². The van der Waals surface area contributed by atoms with E-state index in [9.17, 15) is 0 Å². The molecule has 1 aromatic carbocycles. The molecule has 110 valence electrons. The normalized spacial score (nSPS) is 11.4. The molecule has 0 fully saturated rings. The number of imidazole rings is 1. The highest BCUT2D eigenvalue weighted by molar-refractivity contribution is 7.17. The fourth-order valence-corrected chi connectivity index (χ4v) is 3.92. The van der Waals surface area contributed by atoms with Crippen molar-refractivity contribution in [3.63, 3.8) is 0 Å². The van der Waals surface area contributed by atoms with Crippen molar-refractivity contribution in [1.29, 1.82) is 0 Å². The molecule has 3 aromatic rings. The van der Waals surface area contributed by atoms with E-state index < -0.39 is 0 Å². The third kappa shape index (κ3) is 2.39. The number of aryl methyl sites for hydroxylation is 3. The zero-order chi connectivity index (χ0) is 15.0. The second kappa shape index (κ2) is 5.62. The molecule has 0 unspecified atom stereocenters. The van der Waals surface area contributed by atoms with Gasteiger partial charge in [-0.25, -0.2) is 4.98 Å². The summed E-state index contributed by atoms with van der Waals surface area (Å²) in [5, 5.41) is 0. The van der Waals surface area contributed by atoms with Gasteiger partial charge in [-0.2, -0.15) is 0 Å². The van der Waals surface area contributed by atoms with Crippen LogP contribution in [0, 0.1) is 13.8 Å². The SMILES string of the molecule is CCc1c(C)sc2nc(-c3ccc(C)cc3)c(CCN)n12. The van der Waals surface area contributed by atoms with Crippen molar-refractivity contribution < 1.29 is 0 Å². The van der Waals surface area contributed by atoms with Crippen LogP contribution < -0.4 is 5.73 Å². The van der Waals surface area contributed by atoms with Gasteiger partial charge in [0.2, 0.25) is 0 Å². The lowest BCUT2D eigenvalue weighted by molar-refractivity contribution is 0.873. The number of rotatable bonds is 4. The van der Waals surface area contributed by atoms with Crippen LogP contribution in [0.3, 0.4) is 0 Å². The Labute approximate surface area is 129 Å². The molecule has 0 aliphatic carbocycles. The van der Waals surface area contributed by atoms with Crippen LogP contribution in [0.25, 0.3) is 16.2 Å². The van der Waals surface area contributed by atoms with Crippen LogP contribution in [-0.2, 0) is 12.8 Å². The third-order valence-electron chi connectivity index (χ3n) is 3.90. The number of aromatic nitrogens is 2. The first-order valence-electron chi connectivity index (χ1n) is 7.42. The van der Waals surface area contributed by atoms with Crippen molar-refractivity contribution in [2.45, 2.75) is 33.6 Å². The molecule has 3 rings (SSSR count). The Morgan fingerprint density at radius 2 is 1.86 bits per heavy atom. The van der Waals surface area contributed by atoms with E-state index in [-0.39, 0.29) is 0 Å². The van der Waals surface area contributed by atoms with E-state index in [2.05, 4.69) is 49.4 Å². The first-order valence-corrected chi connectivity index (χ1v) is 8.24. The lowest BCUT2D eigenvalue weighted by Gasteiger charge is -2.06. The number of benzene rings is 1. The fourth-order valence-electron chi connectivity index (χ4n) is 2.85. The quantitative estimate of drug-likeness (QED) is 0.797. The standard InChI is InChI=1S/C17H21N3S/c1-4-14-12(3)21-17-19-16(15(9-10-18)20(14)17)13-7-5-11(2)6-8-13/h5-8H,4,9-10,18H2,1-3H3. The molecule has 0 aliphatic heterocycles. The van der Waals surface area contributed by atoms with Crippen LogP contribution >= 0.6 is 11.3 Å². The number of fused-ring (bicyclic) bond motifs is 1. The van der Waals surface area contributed by atoms with Gasteiger partial charge in [0.1, 0.15) is 0 Å². The summed E-state index contributed by atoms with van der Waals surface area (Å²) in [6.07, 6.45) is 1.88. The van der Waals surface area contributed by atoms with Crippen LogP contribution in [-0.4, -0.2) is 15.9 Å². The average molecular weight is 299 g/mol. The highest BCUT2D eigenvalue weighted by Crippen LogP contribution is 2.31. The van der Waals surface area contributed by atoms with E-state index in [1.165, 1.54) is 27.4 Å². The van der Waals surface area contributed by atoms with Gasteiger partial charge in [-0.1, -0.05) is 36.8 Å². The Balaban J connectivity index is 2.25. The van der Waals surface area contributed by atoms with Gasteiger partial charge in [-0.3, -0.25) is 4.40 Å². The lowest BCUT2D eigenvalue weighted by Crippen LogP contribution is -2.07. The maximum Gasteiger partial charge on any atom is 0.194 e. The minimum absolute atomic E-state index is 0.644. The Bertz CT molecular complexity index is 766. The number of nitrogens with zero attached hydrogens (tertiary/aromatic N) is 2. The Morgan fingerprint density at radius 3 is 2.48 bits per heavy atom. The summed E-state index contributed by atoms with van der Waals surface area (Å²) in [7, 11) is 0. The predicted octanol–water partition coefficient (Wildman–Crippen LogP) is 3.74. The largest absolute Gasteiger partial charge is 0.330 e. The summed E-state index contributed by atoms with van der Waals surface area (Å²) < 4.78 is 2.32. The number of hydrogen-bond donors (Lipinski definition) is 1. The molecule has 0 saturated carbocycles. The molecule has 0 amide bonds. The summed E-state index contributed by atoms with van der Waals surface area (Å²) in [4.78, 5) is 7.33. The van der Waals surface area contributed by atoms with Crippen LogP contribution in [0.2, 0.25) is 0 Å². The van der Waals surface area contributed by atoms with Gasteiger partial charge < -0.3 is 5.73 Å². The fraction of sp³-hybridized carbons (Fsp3) is 0.353. The zero-order valence-electron chi connectivity index (χ0n) is 12.8. The molecular weight excluding hydrogens is 278 g/mol. The van der Waals surface area contributed by atoms with Crippen molar-refractivity contribution in [3.05, 3.63) is 46.1 Å². The summed E-state index contributed by atoms with van der Waals surface area (Å²) in [6, 6.07) is 8.59. The number of hydrogen-bond acceptors (Lipinski definition) is 3. The Hall–Kier alpha value is -1.65. The van der Waals surface area contributed by atoms with Crippen LogP contribution in [0.15, 0.2) is 24.3 Å². The van der Waals surface area contributed by atoms with Crippen molar-refractivity contribution in [3.8, 4) is 11.3 Å². The van der Waals surface area contributed by atoms with Gasteiger partial charge in [0.25, 0.3) is 0 Å². The Morgan fingerprint density at radius 1 is 1.14 bits per heavy atom. The molecule has 0 atom stereocenters. The molecule has 0 spiro atoms. The number of nitrogens with two attached hydrogens (primary N) is 1. The molecule has 4 heteroatoms. The smallest absolute Gasteiger partial charge is 0.194 e. The van der Waals surface area contributed by atoms with E-state index in [0.29, 0.717) is 6.54 Å². The molecule has 0 bridgehead atoms. The van der Waals surface area contributed by atoms with Gasteiger partial charge in [-0.15, -0.1) is 11.3 Å². The minimum atomic E-state index is 0.644. The maximum atomic E-state index is 5.84. The molecular formula is C17H21N3S. The molecule has 2 heterocycles. The molecule has 2 aromatic heterocycles. The van der Waals surface area contributed by atoms with Gasteiger partial charge in [0, 0.05) is 22.6 Å². The summed E-state index contributed by atoms with van der Waals surface area (Å²) in [5.74, 6) is 0. The maximum absolute atomic E-state index is 5.84. The average Bonchev–Trinajstić information content (AvgIpc) is 2.96. The summed E-state index contributed by atoms with van der Waals surface area (Å²) in [5.41, 5.74) is 12.0. The van der Waals surface area contributed by atoms with E-state index in [1.807, 2.05) is 0 Å². The highest BCUT2D eigenvalue weighted by atomic mass is 32.1. The highest BCUT2D eigenvalue weighted by Gasteiger charge is 2.18. The van der Waals surface area contributed by atoms with Gasteiger partial charge in [0.15, 0.2) is 4.96 Å². The third-order valence-corrected chi connectivity index (χ3v) is 4.90. The first-order chi connectivity index (χ1) is 10.2. The second-order valence-electron chi connectivity index (χ2n) is 5.39. The molecule has 2 N–H and O–H groups in total. The molecule has 0 radical (unpaired) electrons. The molecule has 0 aliphatic rings. The van der Waals surface area contributed by atoms with Gasteiger partial charge >= 0.3 is 0 Å². The van der Waals surface area contributed by atoms with E-state index in [0.717, 1.165) is 23.5 Å². The molecule has 3 nitrogen and oxygen atoms in total. The zero-order valence-corrected chi connectivity index (χ0v) is 13.6. The van der Waals surface area contributed by atoms with E-state index in [1.54, 1.807) is 11.3 Å². The van der Waals surface area contributed by atoms with E-state index in [4.69, 9.17) is 10.7 Å². The van der Waals surface area contributed by atoms with Gasteiger partial charge in [0.05, 0.1) is 11.4 Å². The van der Waals surface area contributed by atoms with Crippen molar-refractivity contribution >= 4 is 16.3 Å². The van der Waals surface area contributed by atoms with Crippen molar-refractivity contribution in [1.82, 2.24) is 9.38 Å². The monoisotopic (exact) mass is 299 g/mol. The lowest BCUT2D eigenvalue weighted by atomic mass is 10.1. The van der Waals surface area contributed by atoms with Crippen molar-refractivity contribution in [2.75, 3.05) is 6.54 Å². The van der Waals surface area contributed by atoms with Crippen molar-refractivity contribution in [2.24, 2.45) is 5.73 Å². The van der Waals surface area contributed by atoms with Crippen LogP contribution in [0.5, 0.6) is 0 Å². The first kappa shape index (κ1) is 14.3. The minimum Gasteiger partial charge on any atom is -0.330 e. The number of thiazole rings is 1. The molecule has 21 heavy (non-hydrogen) atoms. The van der Waals surface area contributed by atoms with Crippen LogP contribution in [0.1, 0.15) is 28.8 Å².